The molecule has 0 aliphatic carbocycles. The first-order valence-electron chi connectivity index (χ1n) is 8.34. The molecule has 27 heavy (non-hydrogen) atoms. The highest BCUT2D eigenvalue weighted by Gasteiger charge is 2.43. The first-order chi connectivity index (χ1) is 13.0. The minimum Gasteiger partial charge on any atom is -0.508 e. The van der Waals surface area contributed by atoms with Crippen LogP contribution in [0.3, 0.4) is 0 Å². The summed E-state index contributed by atoms with van der Waals surface area (Å²) in [6.07, 6.45) is 0. The lowest BCUT2D eigenvalue weighted by molar-refractivity contribution is -0.130. The Morgan fingerprint density at radius 1 is 1.15 bits per heavy atom. The fourth-order valence-electron chi connectivity index (χ4n) is 2.99. The Bertz CT molecular complexity index is 844. The summed E-state index contributed by atoms with van der Waals surface area (Å²) in [6, 6.07) is 8.71. The summed E-state index contributed by atoms with van der Waals surface area (Å²) in [5, 5.41) is 30.5. The van der Waals surface area contributed by atoms with Crippen LogP contribution in [0, 0.1) is 0 Å². The Morgan fingerprint density at radius 3 is 2.52 bits per heavy atom. The van der Waals surface area contributed by atoms with Gasteiger partial charge in [0.05, 0.1) is 36.3 Å². The molecule has 0 fully saturated rings. The number of benzene rings is 1. The molecule has 1 amide bonds. The second kappa shape index (κ2) is 8.34. The average Bonchev–Trinajstić information content (AvgIpc) is 3.28. The van der Waals surface area contributed by atoms with E-state index in [0.717, 1.165) is 0 Å². The van der Waals surface area contributed by atoms with E-state index in [1.807, 2.05) is 0 Å². The van der Waals surface area contributed by atoms with Crippen LogP contribution in [-0.2, 0) is 9.53 Å². The number of aliphatic hydroxyl groups excluding tert-OH is 2. The maximum atomic E-state index is 12.9. The summed E-state index contributed by atoms with van der Waals surface area (Å²) in [6.45, 7) is 0.275. The van der Waals surface area contributed by atoms with E-state index < -0.39 is 23.5 Å². The lowest BCUT2D eigenvalue weighted by Gasteiger charge is -2.26. The van der Waals surface area contributed by atoms with Crippen LogP contribution >= 0.6 is 11.3 Å². The van der Waals surface area contributed by atoms with Crippen LogP contribution < -0.4 is 0 Å². The van der Waals surface area contributed by atoms with Gasteiger partial charge in [0.1, 0.15) is 5.75 Å². The van der Waals surface area contributed by atoms with Crippen molar-refractivity contribution >= 4 is 23.0 Å². The third-order valence-electron chi connectivity index (χ3n) is 4.21. The number of rotatable bonds is 8. The lowest BCUT2D eigenvalue weighted by Crippen LogP contribution is -2.34. The van der Waals surface area contributed by atoms with Gasteiger partial charge in [-0.05, 0) is 29.1 Å². The van der Waals surface area contributed by atoms with Crippen molar-refractivity contribution < 1.29 is 29.6 Å². The Kier molecular flexibility index (Phi) is 5.90. The van der Waals surface area contributed by atoms with Gasteiger partial charge in [0.15, 0.2) is 5.76 Å². The number of carbonyl (C=O) groups excluding carboxylic acids is 2. The van der Waals surface area contributed by atoms with Gasteiger partial charge in [0, 0.05) is 6.54 Å². The molecule has 1 aliphatic rings. The molecule has 1 atom stereocenters. The number of phenols is 1. The highest BCUT2D eigenvalue weighted by Crippen LogP contribution is 2.39. The van der Waals surface area contributed by atoms with Crippen molar-refractivity contribution in [2.24, 2.45) is 0 Å². The Morgan fingerprint density at radius 2 is 1.89 bits per heavy atom. The van der Waals surface area contributed by atoms with Crippen molar-refractivity contribution in [3.63, 3.8) is 0 Å². The highest BCUT2D eigenvalue weighted by molar-refractivity contribution is 7.12. The minimum absolute atomic E-state index is 0.00954. The molecule has 0 unspecified atom stereocenters. The number of Topliss-reactive ketones (excluding diaryl/α,β-unsaturated/α-hetero) is 1. The van der Waals surface area contributed by atoms with Gasteiger partial charge < -0.3 is 25.0 Å². The Balaban J connectivity index is 1.96. The number of phenolic OH excluding ortho intramolecular Hbond substituents is 1. The zero-order valence-electron chi connectivity index (χ0n) is 14.4. The topological polar surface area (TPSA) is 107 Å². The first kappa shape index (κ1) is 19.1. The largest absolute Gasteiger partial charge is 0.508 e. The van der Waals surface area contributed by atoms with Crippen molar-refractivity contribution in [1.29, 1.82) is 0 Å². The van der Waals surface area contributed by atoms with E-state index in [4.69, 9.17) is 9.84 Å². The molecule has 0 saturated carbocycles. The van der Waals surface area contributed by atoms with Crippen molar-refractivity contribution in [1.82, 2.24) is 4.90 Å². The zero-order chi connectivity index (χ0) is 19.4. The van der Waals surface area contributed by atoms with Gasteiger partial charge in [-0.1, -0.05) is 18.2 Å². The number of ether oxygens (including phenoxy) is 1. The standard InChI is InChI=1S/C19H19NO6S/c21-8-10-26-9-7-20-16(12-3-5-13(22)6-4-12)15(18(24)19(20)25)17(23)14-2-1-11-27-14/h1-6,11,16,21-22,24H,7-10H2/t16-/m1/s1. The highest BCUT2D eigenvalue weighted by atomic mass is 32.1. The quantitative estimate of drug-likeness (QED) is 0.471. The first-order valence-corrected chi connectivity index (χ1v) is 9.22. The second-order valence-electron chi connectivity index (χ2n) is 5.90. The van der Waals surface area contributed by atoms with Crippen molar-refractivity contribution in [3.05, 3.63) is 63.6 Å². The lowest BCUT2D eigenvalue weighted by atomic mass is 9.95. The van der Waals surface area contributed by atoms with E-state index in [9.17, 15) is 19.8 Å². The number of aliphatic hydroxyl groups is 2. The molecule has 1 aromatic carbocycles. The van der Waals surface area contributed by atoms with E-state index >= 15 is 0 Å². The molecule has 2 heterocycles. The molecule has 3 rings (SSSR count). The molecule has 2 aromatic rings. The molecule has 142 valence electrons. The number of aromatic hydroxyl groups is 1. The molecule has 0 bridgehead atoms. The van der Waals surface area contributed by atoms with Gasteiger partial charge in [-0.25, -0.2) is 0 Å². The van der Waals surface area contributed by atoms with E-state index in [1.54, 1.807) is 29.6 Å². The Labute approximate surface area is 159 Å². The van der Waals surface area contributed by atoms with Crippen LogP contribution in [0.25, 0.3) is 0 Å². The summed E-state index contributed by atoms with van der Waals surface area (Å²) in [5.74, 6) is -1.58. The minimum atomic E-state index is -0.787. The molecule has 0 spiro atoms. The molecule has 0 radical (unpaired) electrons. The predicted molar refractivity (Wildman–Crippen MR) is 98.8 cm³/mol. The summed E-state index contributed by atoms with van der Waals surface area (Å²) < 4.78 is 5.23. The fraction of sp³-hybridized carbons (Fsp3) is 0.263. The number of amides is 1. The van der Waals surface area contributed by atoms with E-state index in [-0.39, 0.29) is 37.7 Å². The second-order valence-corrected chi connectivity index (χ2v) is 6.84. The molecule has 1 aromatic heterocycles. The fourth-order valence-corrected chi connectivity index (χ4v) is 3.67. The van der Waals surface area contributed by atoms with Crippen LogP contribution in [0.2, 0.25) is 0 Å². The van der Waals surface area contributed by atoms with Crippen LogP contribution in [0.15, 0.2) is 53.1 Å². The maximum Gasteiger partial charge on any atom is 0.290 e. The number of carbonyl (C=O) groups is 2. The predicted octanol–water partition coefficient (Wildman–Crippen LogP) is 2.04. The molecule has 3 N–H and O–H groups in total. The van der Waals surface area contributed by atoms with Crippen molar-refractivity contribution in [2.45, 2.75) is 6.04 Å². The normalized spacial score (nSPS) is 17.0. The van der Waals surface area contributed by atoms with Gasteiger partial charge in [0.25, 0.3) is 5.91 Å². The van der Waals surface area contributed by atoms with Crippen molar-refractivity contribution in [3.8, 4) is 5.75 Å². The van der Waals surface area contributed by atoms with Gasteiger partial charge >= 0.3 is 0 Å². The third-order valence-corrected chi connectivity index (χ3v) is 5.08. The summed E-state index contributed by atoms with van der Waals surface area (Å²) in [5.41, 5.74) is 0.600. The number of hydrogen-bond donors (Lipinski definition) is 3. The van der Waals surface area contributed by atoms with Gasteiger partial charge in [0.2, 0.25) is 5.78 Å². The number of thiophene rings is 1. The number of hydrogen-bond acceptors (Lipinski definition) is 7. The summed E-state index contributed by atoms with van der Waals surface area (Å²) in [7, 11) is 0. The van der Waals surface area contributed by atoms with E-state index in [1.165, 1.54) is 28.4 Å². The average molecular weight is 389 g/mol. The van der Waals surface area contributed by atoms with Crippen LogP contribution in [0.5, 0.6) is 5.75 Å². The zero-order valence-corrected chi connectivity index (χ0v) is 15.2. The van der Waals surface area contributed by atoms with Gasteiger partial charge in [-0.2, -0.15) is 0 Å². The molecule has 7 nitrogen and oxygen atoms in total. The maximum absolute atomic E-state index is 12.9. The summed E-state index contributed by atoms with van der Waals surface area (Å²) in [4.78, 5) is 27.3. The van der Waals surface area contributed by atoms with Crippen LogP contribution in [-0.4, -0.2) is 58.3 Å². The molecule has 8 heteroatoms. The molecular weight excluding hydrogens is 370 g/mol. The Hall–Kier alpha value is -2.68. The smallest absolute Gasteiger partial charge is 0.290 e. The SMILES string of the molecule is O=C(C1=C(O)C(=O)N(CCOCCO)[C@@H]1c1ccc(O)cc1)c1cccs1. The number of ketones is 1. The van der Waals surface area contributed by atoms with Gasteiger partial charge in [-0.15, -0.1) is 11.3 Å². The molecule has 1 aliphatic heterocycles. The number of nitrogens with zero attached hydrogens (tertiary/aromatic N) is 1. The van der Waals surface area contributed by atoms with Gasteiger partial charge in [-0.3, -0.25) is 9.59 Å². The molecule has 0 saturated heterocycles. The van der Waals surface area contributed by atoms with E-state index in [0.29, 0.717) is 10.4 Å². The van der Waals surface area contributed by atoms with Crippen LogP contribution in [0.4, 0.5) is 0 Å². The van der Waals surface area contributed by atoms with Crippen LogP contribution in [0.1, 0.15) is 21.3 Å². The third kappa shape index (κ3) is 3.87. The van der Waals surface area contributed by atoms with E-state index in [2.05, 4.69) is 0 Å². The monoisotopic (exact) mass is 389 g/mol. The van der Waals surface area contributed by atoms with Crippen molar-refractivity contribution in [2.75, 3.05) is 26.4 Å². The summed E-state index contributed by atoms with van der Waals surface area (Å²) >= 11 is 1.23. The molecular formula is C19H19NO6S.